The lowest BCUT2D eigenvalue weighted by Crippen LogP contribution is -2.22. The van der Waals surface area contributed by atoms with Crippen LogP contribution >= 0.6 is 0 Å². The standard InChI is InChI=1S/C14H17N3O/c15-14-9-12(16-18-14)13-7-4-8-17(13)10-11-5-2-1-3-6-11/h1-3,5-6,9,13H,4,7-8,10,15H2/t13-/m1/s1. The van der Waals surface area contributed by atoms with Crippen LogP contribution in [0.25, 0.3) is 0 Å². The minimum absolute atomic E-state index is 0.339. The summed E-state index contributed by atoms with van der Waals surface area (Å²) in [7, 11) is 0. The molecule has 1 aliphatic heterocycles. The maximum Gasteiger partial charge on any atom is 0.222 e. The van der Waals surface area contributed by atoms with Gasteiger partial charge in [0.05, 0.1) is 6.04 Å². The predicted octanol–water partition coefficient (Wildman–Crippen LogP) is 2.59. The average Bonchev–Trinajstić information content (AvgIpc) is 2.99. The van der Waals surface area contributed by atoms with Crippen LogP contribution in [0.2, 0.25) is 0 Å². The molecule has 94 valence electrons. The molecule has 1 fully saturated rings. The smallest absolute Gasteiger partial charge is 0.222 e. The van der Waals surface area contributed by atoms with Gasteiger partial charge < -0.3 is 10.3 Å². The SMILES string of the molecule is Nc1cc([C@H]2CCCN2Cc2ccccc2)no1. The number of hydrogen-bond acceptors (Lipinski definition) is 4. The van der Waals surface area contributed by atoms with Gasteiger partial charge in [-0.1, -0.05) is 35.5 Å². The summed E-state index contributed by atoms with van der Waals surface area (Å²) in [6.07, 6.45) is 2.32. The molecule has 18 heavy (non-hydrogen) atoms. The second-order valence-electron chi connectivity index (χ2n) is 4.77. The van der Waals surface area contributed by atoms with Gasteiger partial charge in [-0.2, -0.15) is 0 Å². The highest BCUT2D eigenvalue weighted by molar-refractivity contribution is 5.26. The van der Waals surface area contributed by atoms with Crippen LogP contribution in [-0.4, -0.2) is 16.6 Å². The van der Waals surface area contributed by atoms with E-state index in [2.05, 4.69) is 34.3 Å². The Labute approximate surface area is 106 Å². The van der Waals surface area contributed by atoms with Gasteiger partial charge in [0.1, 0.15) is 5.69 Å². The molecule has 0 amide bonds. The molecule has 0 unspecified atom stereocenters. The molecule has 1 atom stereocenters. The van der Waals surface area contributed by atoms with E-state index in [4.69, 9.17) is 10.3 Å². The van der Waals surface area contributed by atoms with E-state index in [-0.39, 0.29) is 0 Å². The number of hydrogen-bond donors (Lipinski definition) is 1. The first kappa shape index (κ1) is 11.3. The molecule has 0 aliphatic carbocycles. The summed E-state index contributed by atoms with van der Waals surface area (Å²) in [5.41, 5.74) is 7.89. The average molecular weight is 243 g/mol. The van der Waals surface area contributed by atoms with Crippen molar-refractivity contribution in [2.75, 3.05) is 12.3 Å². The Kier molecular flexibility index (Phi) is 3.02. The van der Waals surface area contributed by atoms with Crippen LogP contribution in [0.3, 0.4) is 0 Å². The molecule has 0 saturated carbocycles. The Bertz CT molecular complexity index is 509. The zero-order chi connectivity index (χ0) is 12.4. The number of benzene rings is 1. The lowest BCUT2D eigenvalue weighted by molar-refractivity contribution is 0.237. The van der Waals surface area contributed by atoms with Gasteiger partial charge in [-0.15, -0.1) is 0 Å². The molecule has 2 heterocycles. The normalized spacial score (nSPS) is 20.3. The number of nitrogen functional groups attached to an aromatic ring is 1. The highest BCUT2D eigenvalue weighted by Crippen LogP contribution is 2.32. The van der Waals surface area contributed by atoms with E-state index in [1.165, 1.54) is 12.0 Å². The Morgan fingerprint density at radius 3 is 2.89 bits per heavy atom. The Balaban J connectivity index is 1.75. The quantitative estimate of drug-likeness (QED) is 0.900. The van der Waals surface area contributed by atoms with Gasteiger partial charge in [0.25, 0.3) is 0 Å². The highest BCUT2D eigenvalue weighted by Gasteiger charge is 2.28. The molecule has 3 rings (SSSR count). The van der Waals surface area contributed by atoms with Gasteiger partial charge in [0, 0.05) is 12.6 Å². The molecule has 4 heteroatoms. The minimum atomic E-state index is 0.339. The highest BCUT2D eigenvalue weighted by atomic mass is 16.5. The predicted molar refractivity (Wildman–Crippen MR) is 69.7 cm³/mol. The topological polar surface area (TPSA) is 55.3 Å². The summed E-state index contributed by atoms with van der Waals surface area (Å²) in [4.78, 5) is 2.44. The Morgan fingerprint density at radius 2 is 2.17 bits per heavy atom. The van der Waals surface area contributed by atoms with Crippen LogP contribution in [0, 0.1) is 0 Å². The minimum Gasteiger partial charge on any atom is -0.368 e. The van der Waals surface area contributed by atoms with E-state index >= 15 is 0 Å². The van der Waals surface area contributed by atoms with E-state index in [9.17, 15) is 0 Å². The third-order valence-electron chi connectivity index (χ3n) is 3.48. The van der Waals surface area contributed by atoms with E-state index in [1.54, 1.807) is 0 Å². The van der Waals surface area contributed by atoms with Gasteiger partial charge in [-0.05, 0) is 24.9 Å². The number of rotatable bonds is 3. The van der Waals surface area contributed by atoms with E-state index in [0.29, 0.717) is 11.9 Å². The zero-order valence-electron chi connectivity index (χ0n) is 10.2. The van der Waals surface area contributed by atoms with E-state index in [0.717, 1.165) is 25.2 Å². The molecule has 0 bridgehead atoms. The van der Waals surface area contributed by atoms with Crippen molar-refractivity contribution in [3.05, 3.63) is 47.7 Å². The van der Waals surface area contributed by atoms with Crippen molar-refractivity contribution in [3.8, 4) is 0 Å². The molecular weight excluding hydrogens is 226 g/mol. The van der Waals surface area contributed by atoms with Crippen molar-refractivity contribution in [2.24, 2.45) is 0 Å². The van der Waals surface area contributed by atoms with Crippen molar-refractivity contribution in [1.82, 2.24) is 10.1 Å². The van der Waals surface area contributed by atoms with Gasteiger partial charge in [-0.25, -0.2) is 0 Å². The van der Waals surface area contributed by atoms with Gasteiger partial charge in [0.2, 0.25) is 5.88 Å². The molecule has 1 aliphatic rings. The zero-order valence-corrected chi connectivity index (χ0v) is 10.2. The van der Waals surface area contributed by atoms with Crippen molar-refractivity contribution >= 4 is 5.88 Å². The fourth-order valence-electron chi connectivity index (χ4n) is 2.63. The van der Waals surface area contributed by atoms with Gasteiger partial charge >= 0.3 is 0 Å². The van der Waals surface area contributed by atoms with Crippen LogP contribution in [0.15, 0.2) is 40.9 Å². The Hall–Kier alpha value is -1.81. The molecule has 2 aromatic rings. The van der Waals surface area contributed by atoms with Crippen LogP contribution in [-0.2, 0) is 6.54 Å². The van der Waals surface area contributed by atoms with Crippen LogP contribution < -0.4 is 5.73 Å². The fourth-order valence-corrected chi connectivity index (χ4v) is 2.63. The maximum atomic E-state index is 5.60. The summed E-state index contributed by atoms with van der Waals surface area (Å²) < 4.78 is 4.98. The first-order valence-electron chi connectivity index (χ1n) is 6.33. The maximum absolute atomic E-state index is 5.60. The third kappa shape index (κ3) is 2.24. The fraction of sp³-hybridized carbons (Fsp3) is 0.357. The molecule has 4 nitrogen and oxygen atoms in total. The van der Waals surface area contributed by atoms with Crippen molar-refractivity contribution in [2.45, 2.75) is 25.4 Å². The molecule has 1 saturated heterocycles. The lowest BCUT2D eigenvalue weighted by atomic mass is 10.1. The van der Waals surface area contributed by atoms with E-state index < -0.39 is 0 Å². The third-order valence-corrected chi connectivity index (χ3v) is 3.48. The number of nitrogens with two attached hydrogens (primary N) is 1. The summed E-state index contributed by atoms with van der Waals surface area (Å²) in [5, 5.41) is 4.05. The molecule has 1 aromatic carbocycles. The summed E-state index contributed by atoms with van der Waals surface area (Å²) >= 11 is 0. The number of aromatic nitrogens is 1. The molecule has 1 aromatic heterocycles. The second-order valence-corrected chi connectivity index (χ2v) is 4.77. The molecule has 0 radical (unpaired) electrons. The van der Waals surface area contributed by atoms with Crippen molar-refractivity contribution in [1.29, 1.82) is 0 Å². The van der Waals surface area contributed by atoms with Gasteiger partial charge in [0.15, 0.2) is 0 Å². The number of nitrogens with zero attached hydrogens (tertiary/aromatic N) is 2. The first-order valence-corrected chi connectivity index (χ1v) is 6.33. The van der Waals surface area contributed by atoms with Crippen molar-refractivity contribution in [3.63, 3.8) is 0 Å². The van der Waals surface area contributed by atoms with Crippen LogP contribution in [0.5, 0.6) is 0 Å². The molecule has 2 N–H and O–H groups in total. The summed E-state index contributed by atoms with van der Waals surface area (Å²) in [5.74, 6) is 0.400. The largest absolute Gasteiger partial charge is 0.368 e. The molecular formula is C14H17N3O. The van der Waals surface area contributed by atoms with Crippen LogP contribution in [0.4, 0.5) is 5.88 Å². The van der Waals surface area contributed by atoms with Gasteiger partial charge in [-0.3, -0.25) is 4.90 Å². The summed E-state index contributed by atoms with van der Waals surface area (Å²) in [6.45, 7) is 2.06. The summed E-state index contributed by atoms with van der Waals surface area (Å²) in [6, 6.07) is 12.7. The number of anilines is 1. The second kappa shape index (κ2) is 4.82. The lowest BCUT2D eigenvalue weighted by Gasteiger charge is -2.22. The first-order chi connectivity index (χ1) is 8.83. The Morgan fingerprint density at radius 1 is 1.33 bits per heavy atom. The monoisotopic (exact) mass is 243 g/mol. The molecule has 0 spiro atoms. The van der Waals surface area contributed by atoms with Crippen molar-refractivity contribution < 1.29 is 4.52 Å². The van der Waals surface area contributed by atoms with E-state index in [1.807, 2.05) is 12.1 Å². The number of likely N-dealkylation sites (tertiary alicyclic amines) is 1. The van der Waals surface area contributed by atoms with Crippen LogP contribution in [0.1, 0.15) is 30.1 Å².